The molecule has 0 atom stereocenters. The molecule has 2 heterocycles. The molecule has 1 aliphatic rings. The molecule has 2 aromatic rings. The highest BCUT2D eigenvalue weighted by Crippen LogP contribution is 2.38. The Bertz CT molecular complexity index is 1010. The highest BCUT2D eigenvalue weighted by atomic mass is 35.5. The minimum Gasteiger partial charge on any atom is -0.476 e. The number of benzene rings is 1. The average Bonchev–Trinajstić information content (AvgIpc) is 3.17. The van der Waals surface area contributed by atoms with Crippen molar-refractivity contribution in [3.8, 4) is 5.75 Å². The summed E-state index contributed by atoms with van der Waals surface area (Å²) in [4.78, 5) is 21.8. The maximum atomic E-state index is 12.6. The maximum Gasteiger partial charge on any atom is 0.573 e. The first-order valence-corrected chi connectivity index (χ1v) is 10.3. The van der Waals surface area contributed by atoms with Crippen molar-refractivity contribution in [3.05, 3.63) is 28.9 Å². The Hall–Kier alpha value is -2.88. The van der Waals surface area contributed by atoms with Gasteiger partial charge in [-0.1, -0.05) is 28.6 Å². The van der Waals surface area contributed by atoms with E-state index in [-0.39, 0.29) is 22.4 Å². The Morgan fingerprint density at radius 1 is 1.15 bits per heavy atom. The lowest BCUT2D eigenvalue weighted by molar-refractivity contribution is -0.274. The van der Waals surface area contributed by atoms with Crippen LogP contribution in [0.15, 0.2) is 23.2 Å². The highest BCUT2D eigenvalue weighted by Gasteiger charge is 2.38. The van der Waals surface area contributed by atoms with Crippen LogP contribution in [-0.2, 0) is 4.79 Å². The molecule has 0 bridgehead atoms. The third kappa shape index (κ3) is 8.16. The monoisotopic (exact) mass is 536 g/mol. The Balaban J connectivity index is 0.000000509. The predicted octanol–water partition coefficient (Wildman–Crippen LogP) is 4.45. The molecule has 0 radical (unpaired) electrons. The molecular formula is C17H15ClF6N4O5S. The van der Waals surface area contributed by atoms with Gasteiger partial charge in [0.2, 0.25) is 0 Å². The lowest BCUT2D eigenvalue weighted by atomic mass is 10.1. The molecule has 1 saturated heterocycles. The van der Waals surface area contributed by atoms with Crippen LogP contribution in [0.25, 0.3) is 0 Å². The van der Waals surface area contributed by atoms with Crippen LogP contribution in [0, 0.1) is 0 Å². The lowest BCUT2D eigenvalue weighted by Gasteiger charge is -2.34. The number of thioether (sulfide) groups is 1. The zero-order valence-corrected chi connectivity index (χ0v) is 18.2. The first kappa shape index (κ1) is 27.4. The summed E-state index contributed by atoms with van der Waals surface area (Å²) in [5, 5.41) is 26.5. The summed E-state index contributed by atoms with van der Waals surface area (Å²) in [5.41, 5.74) is 0.203. The van der Waals surface area contributed by atoms with Gasteiger partial charge >= 0.3 is 24.5 Å². The number of halogens is 7. The fourth-order valence-corrected chi connectivity index (χ4v) is 4.03. The minimum absolute atomic E-state index is 0.0654. The Morgan fingerprint density at radius 3 is 2.24 bits per heavy atom. The molecule has 1 fully saturated rings. The van der Waals surface area contributed by atoms with Crippen LogP contribution in [0.2, 0.25) is 5.02 Å². The number of H-pyrrole nitrogens is 1. The molecule has 1 aliphatic heterocycles. The molecule has 3 N–H and O–H groups in total. The molecule has 9 nitrogen and oxygen atoms in total. The van der Waals surface area contributed by atoms with Gasteiger partial charge in [0, 0.05) is 23.4 Å². The van der Waals surface area contributed by atoms with Gasteiger partial charge in [-0.05, 0) is 31.0 Å². The number of aromatic carboxylic acids is 1. The van der Waals surface area contributed by atoms with Gasteiger partial charge in [-0.15, -0.1) is 18.3 Å². The van der Waals surface area contributed by atoms with Gasteiger partial charge in [0.25, 0.3) is 0 Å². The second-order valence-electron chi connectivity index (χ2n) is 6.56. The van der Waals surface area contributed by atoms with E-state index in [2.05, 4.69) is 20.1 Å². The largest absolute Gasteiger partial charge is 0.573 e. The zero-order valence-electron chi connectivity index (χ0n) is 16.7. The topological polar surface area (TPSA) is 129 Å². The minimum atomic E-state index is -5.08. The van der Waals surface area contributed by atoms with E-state index in [1.54, 1.807) is 4.90 Å². The molecule has 1 aromatic carbocycles. The molecular weight excluding hydrogens is 522 g/mol. The number of carboxylic acids is 2. The van der Waals surface area contributed by atoms with Crippen LogP contribution < -0.4 is 9.64 Å². The number of ether oxygens (including phenoxy) is 1. The van der Waals surface area contributed by atoms with Gasteiger partial charge in [0.1, 0.15) is 0 Å². The number of nitrogens with zero attached hydrogens (tertiary/aromatic N) is 3. The summed E-state index contributed by atoms with van der Waals surface area (Å²) < 4.78 is 73.7. The first-order valence-electron chi connectivity index (χ1n) is 9.08. The quantitative estimate of drug-likeness (QED) is 0.475. The summed E-state index contributed by atoms with van der Waals surface area (Å²) in [7, 11) is 0. The van der Waals surface area contributed by atoms with Crippen LogP contribution in [0.4, 0.5) is 32.0 Å². The van der Waals surface area contributed by atoms with E-state index in [1.165, 1.54) is 30.0 Å². The number of hydrogen-bond donors (Lipinski definition) is 3. The molecule has 0 aliphatic carbocycles. The van der Waals surface area contributed by atoms with Crippen molar-refractivity contribution in [2.45, 2.75) is 35.7 Å². The van der Waals surface area contributed by atoms with E-state index >= 15 is 0 Å². The van der Waals surface area contributed by atoms with Crippen molar-refractivity contribution < 1.29 is 50.9 Å². The van der Waals surface area contributed by atoms with Crippen molar-refractivity contribution in [1.29, 1.82) is 0 Å². The van der Waals surface area contributed by atoms with Crippen LogP contribution in [0.3, 0.4) is 0 Å². The normalized spacial score (nSPS) is 14.9. The van der Waals surface area contributed by atoms with E-state index in [4.69, 9.17) is 26.6 Å². The summed E-state index contributed by atoms with van der Waals surface area (Å²) >= 11 is 7.23. The van der Waals surface area contributed by atoms with Gasteiger partial charge < -0.3 is 19.8 Å². The molecule has 0 unspecified atom stereocenters. The summed E-state index contributed by atoms with van der Waals surface area (Å²) in [5.74, 6) is -4.21. The fraction of sp³-hybridized carbons (Fsp3) is 0.412. The van der Waals surface area contributed by atoms with E-state index in [0.717, 1.165) is 0 Å². The van der Waals surface area contributed by atoms with Gasteiger partial charge in [-0.3, -0.25) is 5.10 Å². The number of alkyl halides is 6. The van der Waals surface area contributed by atoms with Gasteiger partial charge in [-0.25, -0.2) is 9.59 Å². The predicted molar refractivity (Wildman–Crippen MR) is 106 cm³/mol. The standard InChI is InChI=1S/C15H14ClF3N4O3S.C2HF3O2/c16-8-1-2-11(26-15(17,18)19)10(7-8)23-5-3-9(4-6-23)27-13-12(14(24)25)20-22-21-13;3-2(4,5)1(6)7/h1-2,7,9H,3-6H2,(H,24,25)(H,20,21,22);(H,6,7). The van der Waals surface area contributed by atoms with Crippen LogP contribution in [0.1, 0.15) is 23.3 Å². The highest BCUT2D eigenvalue weighted by molar-refractivity contribution is 7.99. The molecule has 34 heavy (non-hydrogen) atoms. The fourth-order valence-electron chi connectivity index (χ4n) is 2.76. The van der Waals surface area contributed by atoms with Gasteiger partial charge in [0.15, 0.2) is 16.5 Å². The number of carbonyl (C=O) groups is 2. The summed E-state index contributed by atoms with van der Waals surface area (Å²) in [6.07, 6.45) is -8.64. The van der Waals surface area contributed by atoms with Gasteiger partial charge in [-0.2, -0.15) is 13.2 Å². The molecule has 1 aromatic heterocycles. The van der Waals surface area contributed by atoms with Crippen molar-refractivity contribution in [1.82, 2.24) is 15.4 Å². The van der Waals surface area contributed by atoms with Crippen molar-refractivity contribution >= 4 is 41.0 Å². The number of aromatic amines is 1. The second kappa shape index (κ2) is 11.0. The third-order valence-corrected chi connectivity index (χ3v) is 5.73. The number of aliphatic carboxylic acids is 1. The Labute approximate surface area is 196 Å². The number of nitrogens with one attached hydrogen (secondary N) is 1. The molecule has 0 spiro atoms. The number of carboxylic acid groups (broad SMARTS) is 2. The van der Waals surface area contributed by atoms with E-state index in [1.807, 2.05) is 0 Å². The summed E-state index contributed by atoms with van der Waals surface area (Å²) in [6, 6.07) is 3.98. The van der Waals surface area contributed by atoms with Crippen molar-refractivity contribution in [3.63, 3.8) is 0 Å². The van der Waals surface area contributed by atoms with Crippen LogP contribution in [0.5, 0.6) is 5.75 Å². The number of hydrogen-bond acceptors (Lipinski definition) is 7. The first-order chi connectivity index (χ1) is 15.7. The smallest absolute Gasteiger partial charge is 0.476 e. The number of aromatic nitrogens is 3. The number of rotatable bonds is 5. The lowest BCUT2D eigenvalue weighted by Crippen LogP contribution is -2.35. The average molecular weight is 537 g/mol. The number of anilines is 1. The summed E-state index contributed by atoms with van der Waals surface area (Å²) in [6.45, 7) is 0.930. The Morgan fingerprint density at radius 2 is 1.74 bits per heavy atom. The number of piperidine rings is 1. The SMILES string of the molecule is O=C(O)C(F)(F)F.O=C(O)c1[nH]nnc1SC1CCN(c2cc(Cl)ccc2OC(F)(F)F)CC1. The molecule has 17 heteroatoms. The zero-order chi connectivity index (χ0) is 25.7. The molecule has 0 saturated carbocycles. The third-order valence-electron chi connectivity index (χ3n) is 4.18. The van der Waals surface area contributed by atoms with E-state index < -0.39 is 24.5 Å². The Kier molecular flexibility index (Phi) is 8.88. The van der Waals surface area contributed by atoms with Gasteiger partial charge in [0.05, 0.1) is 5.69 Å². The molecule has 0 amide bonds. The van der Waals surface area contributed by atoms with Crippen molar-refractivity contribution in [2.75, 3.05) is 18.0 Å². The molecule has 3 rings (SSSR count). The second-order valence-corrected chi connectivity index (χ2v) is 8.29. The molecule has 188 valence electrons. The van der Waals surface area contributed by atoms with Crippen molar-refractivity contribution in [2.24, 2.45) is 0 Å². The van der Waals surface area contributed by atoms with Crippen LogP contribution in [-0.4, -0.2) is 68.4 Å². The van der Waals surface area contributed by atoms with E-state index in [0.29, 0.717) is 36.0 Å². The maximum absolute atomic E-state index is 12.6. The van der Waals surface area contributed by atoms with Crippen LogP contribution >= 0.6 is 23.4 Å². The van der Waals surface area contributed by atoms with E-state index in [9.17, 15) is 31.1 Å².